The van der Waals surface area contributed by atoms with Crippen LogP contribution >= 0.6 is 11.8 Å². The van der Waals surface area contributed by atoms with Gasteiger partial charge in [-0.15, -0.1) is 0 Å². The van der Waals surface area contributed by atoms with Gasteiger partial charge in [0, 0.05) is 12.3 Å². The normalized spacial score (nSPS) is 11.3. The summed E-state index contributed by atoms with van der Waals surface area (Å²) in [7, 11) is 0. The second-order valence-corrected chi connectivity index (χ2v) is 4.40. The number of halogens is 3. The van der Waals surface area contributed by atoms with E-state index < -0.39 is 5.51 Å². The maximum absolute atomic E-state index is 11.9. The minimum absolute atomic E-state index is 0.0758. The van der Waals surface area contributed by atoms with Crippen molar-refractivity contribution < 1.29 is 17.9 Å². The van der Waals surface area contributed by atoms with Gasteiger partial charge in [-0.2, -0.15) is 18.2 Å². The average Bonchev–Trinajstić information content (AvgIpc) is 2.28. The van der Waals surface area contributed by atoms with Crippen molar-refractivity contribution in [1.29, 1.82) is 0 Å². The van der Waals surface area contributed by atoms with Crippen LogP contribution in [0.3, 0.4) is 0 Å². The fraction of sp³-hybridized carbons (Fsp3) is 0.500. The number of thioether (sulfide) groups is 1. The molecule has 0 aliphatic heterocycles. The van der Waals surface area contributed by atoms with Gasteiger partial charge in [0.2, 0.25) is 5.88 Å². The average molecular weight is 281 g/mol. The molecule has 0 aliphatic carbocycles. The predicted octanol–water partition coefficient (Wildman–Crippen LogP) is 2.73. The number of anilines is 2. The standard InChI is InChI=1S/C10H14F3N3OS/c1-2-17-9-7(14)3-4-8(16-9)15-5-6-18-10(11,12)13/h3-4H,2,5-6,14H2,1H3,(H,15,16). The third-order valence-corrected chi connectivity index (χ3v) is 2.58. The summed E-state index contributed by atoms with van der Waals surface area (Å²) in [6, 6.07) is 3.19. The highest BCUT2D eigenvalue weighted by molar-refractivity contribution is 8.00. The molecule has 0 aliphatic rings. The number of alkyl halides is 3. The van der Waals surface area contributed by atoms with Crippen molar-refractivity contribution in [3.63, 3.8) is 0 Å². The minimum Gasteiger partial charge on any atom is -0.476 e. The number of hydrogen-bond acceptors (Lipinski definition) is 5. The molecule has 1 rings (SSSR count). The van der Waals surface area contributed by atoms with Gasteiger partial charge in [0.05, 0.1) is 12.3 Å². The Kier molecular flexibility index (Phi) is 5.39. The number of aromatic nitrogens is 1. The summed E-state index contributed by atoms with van der Waals surface area (Å²) in [5.74, 6) is 0.640. The summed E-state index contributed by atoms with van der Waals surface area (Å²) < 4.78 is 40.8. The monoisotopic (exact) mass is 281 g/mol. The topological polar surface area (TPSA) is 60.2 Å². The molecule has 0 unspecified atom stereocenters. The number of hydrogen-bond donors (Lipinski definition) is 2. The third-order valence-electron chi connectivity index (χ3n) is 1.84. The molecule has 102 valence electrons. The van der Waals surface area contributed by atoms with Crippen LogP contribution in [0.1, 0.15) is 6.92 Å². The van der Waals surface area contributed by atoms with Crippen LogP contribution in [0, 0.1) is 0 Å². The van der Waals surface area contributed by atoms with Crippen LogP contribution in [0.2, 0.25) is 0 Å². The van der Waals surface area contributed by atoms with E-state index in [1.54, 1.807) is 19.1 Å². The zero-order valence-corrected chi connectivity index (χ0v) is 10.6. The lowest BCUT2D eigenvalue weighted by Gasteiger charge is -2.10. The Bertz CT molecular complexity index is 387. The molecule has 8 heteroatoms. The van der Waals surface area contributed by atoms with Gasteiger partial charge in [0.25, 0.3) is 0 Å². The Balaban J connectivity index is 2.45. The number of nitrogens with one attached hydrogen (secondary N) is 1. The van der Waals surface area contributed by atoms with Crippen molar-refractivity contribution in [1.82, 2.24) is 4.98 Å². The van der Waals surface area contributed by atoms with Crippen molar-refractivity contribution >= 4 is 23.3 Å². The quantitative estimate of drug-likeness (QED) is 0.785. The Morgan fingerprint density at radius 1 is 1.44 bits per heavy atom. The van der Waals surface area contributed by atoms with E-state index in [-0.39, 0.29) is 29.9 Å². The number of nitrogen functional groups attached to an aromatic ring is 1. The molecule has 0 atom stereocenters. The first kappa shape index (κ1) is 14.7. The smallest absolute Gasteiger partial charge is 0.441 e. The van der Waals surface area contributed by atoms with Crippen LogP contribution in [0.15, 0.2) is 12.1 Å². The molecule has 0 amide bonds. The predicted molar refractivity (Wildman–Crippen MR) is 66.8 cm³/mol. The van der Waals surface area contributed by atoms with Crippen LogP contribution < -0.4 is 15.8 Å². The molecule has 0 aromatic carbocycles. The zero-order chi connectivity index (χ0) is 13.6. The van der Waals surface area contributed by atoms with Crippen molar-refractivity contribution in [2.75, 3.05) is 30.0 Å². The Labute approximate surface area is 107 Å². The van der Waals surface area contributed by atoms with E-state index in [1.807, 2.05) is 0 Å². The number of nitrogens with zero attached hydrogens (tertiary/aromatic N) is 1. The van der Waals surface area contributed by atoms with E-state index >= 15 is 0 Å². The summed E-state index contributed by atoms with van der Waals surface area (Å²) in [6.07, 6.45) is 0. The molecule has 1 heterocycles. The Morgan fingerprint density at radius 2 is 2.17 bits per heavy atom. The summed E-state index contributed by atoms with van der Waals surface area (Å²) in [4.78, 5) is 4.05. The highest BCUT2D eigenvalue weighted by Crippen LogP contribution is 2.29. The Morgan fingerprint density at radius 3 is 2.78 bits per heavy atom. The number of nitrogens with two attached hydrogens (primary N) is 1. The molecule has 0 radical (unpaired) electrons. The second kappa shape index (κ2) is 6.58. The lowest BCUT2D eigenvalue weighted by molar-refractivity contribution is -0.0327. The van der Waals surface area contributed by atoms with Gasteiger partial charge < -0.3 is 15.8 Å². The molecule has 18 heavy (non-hydrogen) atoms. The first-order valence-electron chi connectivity index (χ1n) is 5.26. The van der Waals surface area contributed by atoms with Gasteiger partial charge in [0.1, 0.15) is 5.82 Å². The molecule has 0 spiro atoms. The van der Waals surface area contributed by atoms with Crippen LogP contribution in [0.25, 0.3) is 0 Å². The molecule has 3 N–H and O–H groups in total. The summed E-state index contributed by atoms with van der Waals surface area (Å²) in [5.41, 5.74) is 1.81. The summed E-state index contributed by atoms with van der Waals surface area (Å²) in [6.45, 7) is 2.37. The van der Waals surface area contributed by atoms with E-state index in [4.69, 9.17) is 10.5 Å². The molecule has 1 aromatic rings. The maximum Gasteiger partial charge on any atom is 0.441 e. The molecule has 1 aromatic heterocycles. The largest absolute Gasteiger partial charge is 0.476 e. The highest BCUT2D eigenvalue weighted by Gasteiger charge is 2.27. The van der Waals surface area contributed by atoms with Gasteiger partial charge >= 0.3 is 5.51 Å². The number of pyridine rings is 1. The zero-order valence-electron chi connectivity index (χ0n) is 9.75. The van der Waals surface area contributed by atoms with Crippen LogP contribution in [-0.4, -0.2) is 29.4 Å². The summed E-state index contributed by atoms with van der Waals surface area (Å²) >= 11 is -0.0758. The minimum atomic E-state index is -4.20. The fourth-order valence-corrected chi connectivity index (χ4v) is 1.58. The van der Waals surface area contributed by atoms with Gasteiger partial charge in [-0.05, 0) is 30.8 Å². The number of rotatable bonds is 6. The van der Waals surface area contributed by atoms with Gasteiger partial charge in [0.15, 0.2) is 0 Å². The van der Waals surface area contributed by atoms with Crippen molar-refractivity contribution in [3.8, 4) is 5.88 Å². The second-order valence-electron chi connectivity index (χ2n) is 3.24. The highest BCUT2D eigenvalue weighted by atomic mass is 32.2. The molecule has 4 nitrogen and oxygen atoms in total. The van der Waals surface area contributed by atoms with Gasteiger partial charge in [-0.25, -0.2) is 0 Å². The van der Waals surface area contributed by atoms with E-state index in [0.717, 1.165) is 0 Å². The first-order chi connectivity index (χ1) is 8.42. The van der Waals surface area contributed by atoms with Gasteiger partial charge in [-0.3, -0.25) is 0 Å². The Hall–Kier alpha value is -1.31. The van der Waals surface area contributed by atoms with Crippen LogP contribution in [0.5, 0.6) is 5.88 Å². The van der Waals surface area contributed by atoms with Gasteiger partial charge in [-0.1, -0.05) is 0 Å². The van der Waals surface area contributed by atoms with Crippen molar-refractivity contribution in [2.45, 2.75) is 12.4 Å². The van der Waals surface area contributed by atoms with Crippen molar-refractivity contribution in [3.05, 3.63) is 12.1 Å². The van der Waals surface area contributed by atoms with Crippen LogP contribution in [0.4, 0.5) is 24.7 Å². The van der Waals surface area contributed by atoms with E-state index in [0.29, 0.717) is 18.1 Å². The summed E-state index contributed by atoms with van der Waals surface area (Å²) in [5, 5.41) is 2.78. The van der Waals surface area contributed by atoms with Crippen LogP contribution in [-0.2, 0) is 0 Å². The van der Waals surface area contributed by atoms with E-state index in [9.17, 15) is 13.2 Å². The van der Waals surface area contributed by atoms with E-state index in [2.05, 4.69) is 10.3 Å². The molecule has 0 saturated carbocycles. The molecule has 0 bridgehead atoms. The molecule has 0 fully saturated rings. The van der Waals surface area contributed by atoms with Crippen molar-refractivity contribution in [2.24, 2.45) is 0 Å². The molecule has 0 saturated heterocycles. The third kappa shape index (κ3) is 5.35. The number of ether oxygens (including phenoxy) is 1. The lowest BCUT2D eigenvalue weighted by atomic mass is 10.4. The molecular weight excluding hydrogens is 267 g/mol. The molecular formula is C10H14F3N3OS. The first-order valence-corrected chi connectivity index (χ1v) is 6.25. The SMILES string of the molecule is CCOc1nc(NCCSC(F)(F)F)ccc1N. The lowest BCUT2D eigenvalue weighted by Crippen LogP contribution is -2.11. The van der Waals surface area contributed by atoms with E-state index in [1.165, 1.54) is 0 Å². The fourth-order valence-electron chi connectivity index (χ4n) is 1.15. The maximum atomic E-state index is 11.9.